The quantitative estimate of drug-likeness (QED) is 0.573. The van der Waals surface area contributed by atoms with E-state index in [0.717, 1.165) is 53.9 Å². The minimum Gasteiger partial charge on any atom is -0.507 e. The number of carbonyl (C=O) groups excluding carboxylic acids is 1. The molecule has 0 saturated carbocycles. The summed E-state index contributed by atoms with van der Waals surface area (Å²) in [6.07, 6.45) is 1.16. The molecule has 0 aromatic heterocycles. The highest BCUT2D eigenvalue weighted by molar-refractivity contribution is 5.76. The van der Waals surface area contributed by atoms with E-state index in [1.807, 2.05) is 0 Å². The molecule has 29 heavy (non-hydrogen) atoms. The van der Waals surface area contributed by atoms with E-state index in [1.165, 1.54) is 0 Å². The van der Waals surface area contributed by atoms with Crippen molar-refractivity contribution < 1.29 is 14.4 Å². The first-order valence-corrected chi connectivity index (χ1v) is 11.3. The Hall–Kier alpha value is -1.55. The van der Waals surface area contributed by atoms with Crippen LogP contribution in [0.5, 0.6) is 5.75 Å². The molecule has 4 heteroatoms. The summed E-state index contributed by atoms with van der Waals surface area (Å²) in [5, 5.41) is 14.0. The second-order valence-electron chi connectivity index (χ2n) is 10.4. The molecule has 0 aliphatic heterocycles. The van der Waals surface area contributed by atoms with Crippen molar-refractivity contribution in [1.29, 1.82) is 0 Å². The van der Waals surface area contributed by atoms with Gasteiger partial charge in [-0.3, -0.25) is 4.79 Å². The van der Waals surface area contributed by atoms with Crippen LogP contribution in [0.25, 0.3) is 0 Å². The highest BCUT2D eigenvalue weighted by Crippen LogP contribution is 2.39. The van der Waals surface area contributed by atoms with Crippen LogP contribution in [0.2, 0.25) is 0 Å². The van der Waals surface area contributed by atoms with Gasteiger partial charge in [0.25, 0.3) is 0 Å². The van der Waals surface area contributed by atoms with Crippen molar-refractivity contribution in [3.63, 3.8) is 0 Å². The number of nitrogens with one attached hydrogen (secondary N) is 1. The molecule has 0 aliphatic carbocycles. The van der Waals surface area contributed by atoms with Gasteiger partial charge in [-0.1, -0.05) is 53.7 Å². The number of aryl methyl sites for hydroxylation is 1. The lowest BCUT2D eigenvalue weighted by Crippen LogP contribution is -2.51. The molecule has 0 bridgehead atoms. The van der Waals surface area contributed by atoms with Crippen LogP contribution in [0.4, 0.5) is 0 Å². The van der Waals surface area contributed by atoms with Crippen LogP contribution >= 0.6 is 0 Å². The molecular weight excluding hydrogens is 360 g/mol. The molecule has 0 aliphatic rings. The van der Waals surface area contributed by atoms with E-state index >= 15 is 0 Å². The number of hydrogen-bond donors (Lipinski definition) is 2. The molecule has 0 atom stereocenters. The predicted octanol–water partition coefficient (Wildman–Crippen LogP) is 4.91. The third-order valence-corrected chi connectivity index (χ3v) is 6.35. The predicted molar refractivity (Wildman–Crippen MR) is 124 cm³/mol. The van der Waals surface area contributed by atoms with E-state index < -0.39 is 0 Å². The van der Waals surface area contributed by atoms with Crippen molar-refractivity contribution in [2.45, 2.75) is 86.0 Å². The maximum Gasteiger partial charge on any atom is 0.220 e. The molecule has 0 radical (unpaired) electrons. The summed E-state index contributed by atoms with van der Waals surface area (Å²) in [6.45, 7) is 24.4. The molecule has 0 unspecified atom stereocenters. The van der Waals surface area contributed by atoms with E-state index in [4.69, 9.17) is 0 Å². The van der Waals surface area contributed by atoms with Crippen molar-refractivity contribution in [3.05, 3.63) is 28.8 Å². The maximum absolute atomic E-state index is 12.4. The number of likely N-dealkylation sites (N-methyl/N-ethyl adjacent to an activating group) is 1. The van der Waals surface area contributed by atoms with Crippen LogP contribution in [0, 0.1) is 0 Å². The normalized spacial score (nSPS) is 12.9. The highest BCUT2D eigenvalue weighted by atomic mass is 16.3. The molecule has 0 fully saturated rings. The Morgan fingerprint density at radius 1 is 0.931 bits per heavy atom. The number of carbonyl (C=O) groups is 1. The largest absolute Gasteiger partial charge is 0.507 e. The zero-order valence-electron chi connectivity index (χ0n) is 20.4. The maximum atomic E-state index is 12.4. The summed E-state index contributed by atoms with van der Waals surface area (Å²) in [5.41, 5.74) is 2.73. The van der Waals surface area contributed by atoms with Crippen molar-refractivity contribution in [2.75, 3.05) is 32.7 Å². The third-order valence-electron chi connectivity index (χ3n) is 6.35. The average molecular weight is 406 g/mol. The zero-order valence-corrected chi connectivity index (χ0v) is 20.4. The van der Waals surface area contributed by atoms with E-state index in [2.05, 4.69) is 79.8 Å². The van der Waals surface area contributed by atoms with Gasteiger partial charge in [-0.05, 0) is 54.7 Å². The fraction of sp³-hybridized carbons (Fsp3) is 0.720. The first kappa shape index (κ1) is 25.5. The van der Waals surface area contributed by atoms with Gasteiger partial charge in [0.2, 0.25) is 5.91 Å². The Balaban J connectivity index is 2.85. The minimum atomic E-state index is -0.149. The second kappa shape index (κ2) is 9.97. The first-order chi connectivity index (χ1) is 13.3. The van der Waals surface area contributed by atoms with E-state index in [1.54, 1.807) is 0 Å². The number of phenolic OH excluding ortho intramolecular Hbond substituents is 1. The van der Waals surface area contributed by atoms with E-state index in [9.17, 15) is 9.90 Å². The molecule has 1 aromatic carbocycles. The topological polar surface area (TPSA) is 49.3 Å². The number of amides is 1. The van der Waals surface area contributed by atoms with Gasteiger partial charge in [-0.15, -0.1) is 0 Å². The number of benzene rings is 1. The Kier molecular flexibility index (Phi) is 8.76. The van der Waals surface area contributed by atoms with Crippen LogP contribution < -0.4 is 5.32 Å². The Labute approximate surface area is 179 Å². The van der Waals surface area contributed by atoms with Crippen LogP contribution in [-0.2, 0) is 22.0 Å². The monoisotopic (exact) mass is 405 g/mol. The summed E-state index contributed by atoms with van der Waals surface area (Å²) >= 11 is 0. The zero-order chi connectivity index (χ0) is 22.5. The summed E-state index contributed by atoms with van der Waals surface area (Å²) in [6, 6.07) is 4.15. The molecular formula is C25H45N2O2+. The van der Waals surface area contributed by atoms with Crippen LogP contribution in [0.3, 0.4) is 0 Å². The van der Waals surface area contributed by atoms with E-state index in [0.29, 0.717) is 18.6 Å². The van der Waals surface area contributed by atoms with Gasteiger partial charge >= 0.3 is 0 Å². The standard InChI is InChI=1S/C25H44N2O2/c1-10-27(11-2,12-3)16-15-26-22(28)14-13-19-17-20(24(4,5)6)23(29)21(18-19)25(7,8)9/h17-18H,10-16H2,1-9H3,(H-,26,28,29)/p+1. The van der Waals surface area contributed by atoms with Gasteiger partial charge in [0.1, 0.15) is 5.75 Å². The minimum absolute atomic E-state index is 0.106. The Bertz CT molecular complexity index is 634. The lowest BCUT2D eigenvalue weighted by atomic mass is 9.78. The van der Waals surface area contributed by atoms with E-state index in [-0.39, 0.29) is 16.7 Å². The Morgan fingerprint density at radius 3 is 1.76 bits per heavy atom. The summed E-state index contributed by atoms with van der Waals surface area (Å²) in [7, 11) is 0. The number of aromatic hydroxyl groups is 1. The van der Waals surface area contributed by atoms with Crippen LogP contribution in [0.15, 0.2) is 12.1 Å². The molecule has 0 spiro atoms. The fourth-order valence-corrected chi connectivity index (χ4v) is 3.91. The summed E-state index contributed by atoms with van der Waals surface area (Å²) < 4.78 is 1.04. The molecule has 1 amide bonds. The lowest BCUT2D eigenvalue weighted by Gasteiger charge is -2.35. The number of hydrogen-bond acceptors (Lipinski definition) is 2. The Morgan fingerprint density at radius 2 is 1.38 bits per heavy atom. The molecule has 1 rings (SSSR count). The number of quaternary nitrogens is 1. The summed E-state index contributed by atoms with van der Waals surface area (Å²) in [4.78, 5) is 12.4. The van der Waals surface area contributed by atoms with Gasteiger partial charge < -0.3 is 14.9 Å². The number of phenols is 1. The first-order valence-electron chi connectivity index (χ1n) is 11.3. The van der Waals surface area contributed by atoms with Crippen LogP contribution in [-0.4, -0.2) is 48.2 Å². The molecule has 166 valence electrons. The SMILES string of the molecule is CC[N+](CC)(CC)CCNC(=O)CCc1cc(C(C)(C)C)c(O)c(C(C)(C)C)c1. The molecule has 4 nitrogen and oxygen atoms in total. The van der Waals surface area contributed by atoms with Crippen molar-refractivity contribution in [1.82, 2.24) is 5.32 Å². The number of rotatable bonds is 9. The molecule has 0 heterocycles. The van der Waals surface area contributed by atoms with Gasteiger partial charge in [0.15, 0.2) is 0 Å². The number of nitrogens with zero attached hydrogens (tertiary/aromatic N) is 1. The smallest absolute Gasteiger partial charge is 0.220 e. The highest BCUT2D eigenvalue weighted by Gasteiger charge is 2.26. The molecule has 2 N–H and O–H groups in total. The van der Waals surface area contributed by atoms with Crippen molar-refractivity contribution in [2.24, 2.45) is 0 Å². The van der Waals surface area contributed by atoms with Gasteiger partial charge in [0, 0.05) is 6.42 Å². The van der Waals surface area contributed by atoms with Gasteiger partial charge in [-0.2, -0.15) is 0 Å². The lowest BCUT2D eigenvalue weighted by molar-refractivity contribution is -0.922. The van der Waals surface area contributed by atoms with Crippen molar-refractivity contribution >= 4 is 5.91 Å². The molecule has 0 saturated heterocycles. The second-order valence-corrected chi connectivity index (χ2v) is 10.4. The van der Waals surface area contributed by atoms with Gasteiger partial charge in [0.05, 0.1) is 32.7 Å². The fourth-order valence-electron chi connectivity index (χ4n) is 3.91. The third kappa shape index (κ3) is 7.02. The van der Waals surface area contributed by atoms with Gasteiger partial charge in [-0.25, -0.2) is 0 Å². The molecule has 1 aromatic rings. The average Bonchev–Trinajstić information content (AvgIpc) is 2.63. The van der Waals surface area contributed by atoms with Crippen molar-refractivity contribution in [3.8, 4) is 5.75 Å². The summed E-state index contributed by atoms with van der Waals surface area (Å²) in [5.74, 6) is 0.500. The van der Waals surface area contributed by atoms with Crippen LogP contribution in [0.1, 0.15) is 85.4 Å².